The van der Waals surface area contributed by atoms with Crippen LogP contribution in [0.3, 0.4) is 0 Å². The highest BCUT2D eigenvalue weighted by atomic mass is 19.1. The number of carbonyl (C=O) groups is 5. The molecule has 0 fully saturated rings. The third kappa shape index (κ3) is 10.8. The Balaban J connectivity index is 1.77. The van der Waals surface area contributed by atoms with Gasteiger partial charge in [-0.1, -0.05) is 24.3 Å². The van der Waals surface area contributed by atoms with Gasteiger partial charge in [0.25, 0.3) is 5.91 Å². The average molecular weight is 655 g/mol. The van der Waals surface area contributed by atoms with E-state index in [4.69, 9.17) is 9.47 Å². The molecule has 0 saturated carbocycles. The lowest BCUT2D eigenvalue weighted by molar-refractivity contribution is -0.153. The lowest BCUT2D eigenvalue weighted by Gasteiger charge is -2.27. The third-order valence-corrected chi connectivity index (χ3v) is 6.54. The number of halogens is 2. The summed E-state index contributed by atoms with van der Waals surface area (Å²) in [6.45, 7) is 4.70. The van der Waals surface area contributed by atoms with Crippen LogP contribution in [0.2, 0.25) is 0 Å². The van der Waals surface area contributed by atoms with Crippen molar-refractivity contribution in [2.75, 3.05) is 41.9 Å². The van der Waals surface area contributed by atoms with E-state index >= 15 is 0 Å². The first-order valence-corrected chi connectivity index (χ1v) is 14.4. The molecule has 0 aromatic heterocycles. The highest BCUT2D eigenvalue weighted by Gasteiger charge is 2.26. The van der Waals surface area contributed by atoms with Gasteiger partial charge in [-0.15, -0.1) is 0 Å². The van der Waals surface area contributed by atoms with Crippen LogP contribution in [0.4, 0.5) is 30.6 Å². The summed E-state index contributed by atoms with van der Waals surface area (Å²) >= 11 is 0. The molecule has 0 heterocycles. The molecule has 3 aromatic carbocycles. The molecule has 3 N–H and O–H groups in total. The predicted molar refractivity (Wildman–Crippen MR) is 169 cm³/mol. The van der Waals surface area contributed by atoms with Gasteiger partial charge in [0.2, 0.25) is 5.91 Å². The summed E-state index contributed by atoms with van der Waals surface area (Å²) in [5, 5.41) is 14.2. The minimum absolute atomic E-state index is 0.0189. The van der Waals surface area contributed by atoms with Crippen LogP contribution < -0.4 is 25.2 Å². The van der Waals surface area contributed by atoms with E-state index in [0.717, 1.165) is 21.9 Å². The number of aliphatic carboxylic acids is 1. The molecule has 0 aliphatic rings. The first-order valence-electron chi connectivity index (χ1n) is 14.4. The van der Waals surface area contributed by atoms with E-state index in [2.05, 4.69) is 10.6 Å². The number of carboxylic acids is 1. The lowest BCUT2D eigenvalue weighted by Crippen LogP contribution is -2.45. The molecule has 0 aliphatic carbocycles. The van der Waals surface area contributed by atoms with Crippen molar-refractivity contribution in [3.8, 4) is 5.75 Å². The first kappa shape index (κ1) is 35.9. The van der Waals surface area contributed by atoms with E-state index in [1.54, 1.807) is 51.1 Å². The van der Waals surface area contributed by atoms with Crippen molar-refractivity contribution in [2.24, 2.45) is 0 Å². The minimum atomic E-state index is -1.04. The zero-order chi connectivity index (χ0) is 34.9. The molecule has 1 atom stereocenters. The first-order chi connectivity index (χ1) is 22.0. The monoisotopic (exact) mass is 654 g/mol. The maximum absolute atomic E-state index is 13.7. The smallest absolute Gasteiger partial charge is 0.326 e. The SMILES string of the molecule is CC(C(=O)O)c1cccc(NC(=O)NCC(=O)N(CC(=O)OC(C)(C)C)c2ccccc2OCC(=O)N(C)c2cc(F)cc(F)c2)c1. The molecule has 0 bridgehead atoms. The van der Waals surface area contributed by atoms with Crippen LogP contribution in [-0.4, -0.2) is 67.2 Å². The van der Waals surface area contributed by atoms with Crippen LogP contribution in [0.5, 0.6) is 5.75 Å². The van der Waals surface area contributed by atoms with E-state index in [-0.39, 0.29) is 17.1 Å². The summed E-state index contributed by atoms with van der Waals surface area (Å²) in [4.78, 5) is 65.1. The van der Waals surface area contributed by atoms with Gasteiger partial charge >= 0.3 is 18.0 Å². The number of carbonyl (C=O) groups excluding carboxylic acids is 4. The maximum Gasteiger partial charge on any atom is 0.326 e. The van der Waals surface area contributed by atoms with Gasteiger partial charge in [0, 0.05) is 24.5 Å². The molecule has 3 rings (SSSR count). The van der Waals surface area contributed by atoms with Crippen LogP contribution in [0, 0.1) is 11.6 Å². The number of benzene rings is 3. The zero-order valence-electron chi connectivity index (χ0n) is 26.5. The molecule has 3 aromatic rings. The number of nitrogens with one attached hydrogen (secondary N) is 2. The van der Waals surface area contributed by atoms with E-state index in [9.17, 15) is 37.9 Å². The van der Waals surface area contributed by atoms with Crippen molar-refractivity contribution >= 4 is 46.8 Å². The molecule has 4 amide bonds. The Kier molecular flexibility index (Phi) is 12.0. The van der Waals surface area contributed by atoms with Crippen molar-refractivity contribution in [2.45, 2.75) is 39.2 Å². The molecule has 1 unspecified atom stereocenters. The summed E-state index contributed by atoms with van der Waals surface area (Å²) < 4.78 is 38.5. The highest BCUT2D eigenvalue weighted by Crippen LogP contribution is 2.29. The highest BCUT2D eigenvalue weighted by molar-refractivity contribution is 6.02. The van der Waals surface area contributed by atoms with Gasteiger partial charge < -0.3 is 30.1 Å². The van der Waals surface area contributed by atoms with Crippen LogP contribution in [0.25, 0.3) is 0 Å². The Morgan fingerprint density at radius 3 is 2.21 bits per heavy atom. The van der Waals surface area contributed by atoms with Crippen molar-refractivity contribution in [3.05, 3.63) is 83.9 Å². The predicted octanol–water partition coefficient (Wildman–Crippen LogP) is 4.69. The molecular weight excluding hydrogens is 618 g/mol. The Bertz CT molecular complexity index is 1620. The van der Waals surface area contributed by atoms with Gasteiger partial charge in [-0.2, -0.15) is 0 Å². The number of rotatable bonds is 12. The zero-order valence-corrected chi connectivity index (χ0v) is 26.5. The number of hydrogen-bond donors (Lipinski definition) is 3. The van der Waals surface area contributed by atoms with Crippen LogP contribution in [0.1, 0.15) is 39.2 Å². The van der Waals surface area contributed by atoms with Gasteiger partial charge in [0.15, 0.2) is 6.61 Å². The molecule has 12 nitrogen and oxygen atoms in total. The van der Waals surface area contributed by atoms with Crippen molar-refractivity contribution in [1.82, 2.24) is 5.32 Å². The molecule has 0 aliphatic heterocycles. The Morgan fingerprint density at radius 1 is 0.915 bits per heavy atom. The second kappa shape index (κ2) is 15.7. The Labute approximate surface area is 270 Å². The summed E-state index contributed by atoms with van der Waals surface area (Å²) in [5.41, 5.74) is -0.0911. The van der Waals surface area contributed by atoms with Crippen LogP contribution >= 0.6 is 0 Å². The fraction of sp³-hybridized carbons (Fsp3) is 0.303. The van der Waals surface area contributed by atoms with Gasteiger partial charge in [0.1, 0.15) is 29.5 Å². The molecule has 0 saturated heterocycles. The maximum atomic E-state index is 13.7. The normalized spacial score (nSPS) is 11.6. The van der Waals surface area contributed by atoms with E-state index in [1.807, 2.05) is 0 Å². The average Bonchev–Trinajstić information content (AvgIpc) is 2.99. The fourth-order valence-electron chi connectivity index (χ4n) is 4.18. The fourth-order valence-corrected chi connectivity index (χ4v) is 4.18. The number of ether oxygens (including phenoxy) is 2. The summed E-state index contributed by atoms with van der Waals surface area (Å²) in [6, 6.07) is 14.1. The standard InChI is InChI=1S/C33H36F2N4O8/c1-20(31(43)44)21-9-8-10-24(13-21)37-32(45)36-17-28(40)39(18-30(42)47-33(2,3)4)26-11-6-7-12-27(26)46-19-29(41)38(5)25-15-22(34)14-23(35)16-25/h6-16,20H,17-19H2,1-5H3,(H,43,44)(H2,36,37,45). The second-order valence-corrected chi connectivity index (χ2v) is 11.4. The third-order valence-electron chi connectivity index (χ3n) is 6.54. The molecule has 14 heteroatoms. The number of nitrogens with zero attached hydrogens (tertiary/aromatic N) is 2. The number of para-hydroxylation sites is 2. The van der Waals surface area contributed by atoms with E-state index in [0.29, 0.717) is 17.3 Å². The second-order valence-electron chi connectivity index (χ2n) is 11.4. The van der Waals surface area contributed by atoms with Crippen molar-refractivity contribution in [3.63, 3.8) is 0 Å². The summed E-state index contributed by atoms with van der Waals surface area (Å²) in [7, 11) is 1.31. The molecular formula is C33H36F2N4O8. The van der Waals surface area contributed by atoms with Crippen LogP contribution in [0.15, 0.2) is 66.7 Å². The van der Waals surface area contributed by atoms with E-state index in [1.165, 1.54) is 32.2 Å². The van der Waals surface area contributed by atoms with Crippen molar-refractivity contribution < 1.29 is 47.3 Å². The van der Waals surface area contributed by atoms with Gasteiger partial charge in [-0.25, -0.2) is 13.6 Å². The topological polar surface area (TPSA) is 155 Å². The quantitative estimate of drug-likeness (QED) is 0.238. The molecule has 0 radical (unpaired) electrons. The van der Waals surface area contributed by atoms with E-state index < -0.39 is 72.6 Å². The van der Waals surface area contributed by atoms with Gasteiger partial charge in [-0.05, 0) is 69.7 Å². The summed E-state index contributed by atoms with van der Waals surface area (Å²) in [5.74, 6) is -5.75. The number of esters is 1. The lowest BCUT2D eigenvalue weighted by atomic mass is 10.0. The number of urea groups is 1. The Hall–Kier alpha value is -5.53. The molecule has 47 heavy (non-hydrogen) atoms. The number of anilines is 3. The number of amides is 4. The van der Waals surface area contributed by atoms with Gasteiger partial charge in [-0.3, -0.25) is 24.1 Å². The Morgan fingerprint density at radius 2 is 1.57 bits per heavy atom. The number of hydrogen-bond acceptors (Lipinski definition) is 7. The van der Waals surface area contributed by atoms with Gasteiger partial charge in [0.05, 0.1) is 18.2 Å². The largest absolute Gasteiger partial charge is 0.482 e. The summed E-state index contributed by atoms with van der Waals surface area (Å²) in [6.07, 6.45) is 0. The minimum Gasteiger partial charge on any atom is -0.482 e. The van der Waals surface area contributed by atoms with Crippen molar-refractivity contribution in [1.29, 1.82) is 0 Å². The number of carboxylic acid groups (broad SMARTS) is 1. The number of likely N-dealkylation sites (N-methyl/N-ethyl adjacent to an activating group) is 1. The molecule has 250 valence electrons. The molecule has 0 spiro atoms. The van der Waals surface area contributed by atoms with Crippen LogP contribution in [-0.2, 0) is 23.9 Å².